The highest BCUT2D eigenvalue weighted by Gasteiger charge is 2.30. The van der Waals surface area contributed by atoms with Gasteiger partial charge in [-0.05, 0) is 36.6 Å². The smallest absolute Gasteiger partial charge is 0.265 e. The van der Waals surface area contributed by atoms with E-state index in [1.807, 2.05) is 46.7 Å². The van der Waals surface area contributed by atoms with Crippen LogP contribution in [0.2, 0.25) is 0 Å². The molecule has 1 saturated heterocycles. The second kappa shape index (κ2) is 8.51. The molecule has 31 heavy (non-hydrogen) atoms. The number of thiazole rings is 1. The number of anilines is 1. The van der Waals surface area contributed by atoms with Crippen LogP contribution >= 0.6 is 11.3 Å². The molecule has 3 heterocycles. The number of aromatic nitrogens is 1. The molecule has 0 atom stereocenters. The summed E-state index contributed by atoms with van der Waals surface area (Å²) in [6.45, 7) is 1.55. The maximum Gasteiger partial charge on any atom is 0.265 e. The molecule has 0 unspecified atom stereocenters. The van der Waals surface area contributed by atoms with Gasteiger partial charge >= 0.3 is 0 Å². The highest BCUT2D eigenvalue weighted by molar-refractivity contribution is 7.10. The minimum absolute atomic E-state index is 0.0112. The van der Waals surface area contributed by atoms with Crippen LogP contribution < -0.4 is 9.64 Å². The number of carbonyl (C=O) groups excluding carboxylic acids is 2. The van der Waals surface area contributed by atoms with Crippen molar-refractivity contribution in [3.8, 4) is 17.0 Å². The quantitative estimate of drug-likeness (QED) is 0.615. The van der Waals surface area contributed by atoms with Crippen LogP contribution in [0.25, 0.3) is 11.3 Å². The summed E-state index contributed by atoms with van der Waals surface area (Å²) in [6, 6.07) is 16.0. The van der Waals surface area contributed by atoms with Gasteiger partial charge in [0.25, 0.3) is 5.91 Å². The molecule has 2 amide bonds. The molecule has 0 bridgehead atoms. The Bertz CT molecular complexity index is 1110. The van der Waals surface area contributed by atoms with Gasteiger partial charge in [0.15, 0.2) is 6.61 Å². The summed E-state index contributed by atoms with van der Waals surface area (Å²) in [5.74, 6) is 0.417. The molecular weight excluding hydrogens is 410 g/mol. The number of nitrogens with zero attached hydrogens (tertiary/aromatic N) is 3. The summed E-state index contributed by atoms with van der Waals surface area (Å²) in [5.41, 5.74) is 3.63. The molecule has 5 rings (SSSR count). The number of hydrogen-bond donors (Lipinski definition) is 0. The van der Waals surface area contributed by atoms with Crippen molar-refractivity contribution in [3.05, 3.63) is 64.5 Å². The molecule has 6 nitrogen and oxygen atoms in total. The first-order chi connectivity index (χ1) is 15.2. The summed E-state index contributed by atoms with van der Waals surface area (Å²) in [5, 5.41) is 3.07. The molecule has 0 aliphatic carbocycles. The van der Waals surface area contributed by atoms with Crippen LogP contribution in [-0.2, 0) is 16.0 Å². The third-order valence-corrected chi connectivity index (χ3v) is 6.55. The van der Waals surface area contributed by atoms with E-state index in [2.05, 4.69) is 12.1 Å². The van der Waals surface area contributed by atoms with Crippen molar-refractivity contribution >= 4 is 28.8 Å². The summed E-state index contributed by atoms with van der Waals surface area (Å²) < 4.78 is 5.61. The standard InChI is InChI=1S/C24H23N3O3S/c28-23(26-10-4-5-11-26)14-27-20-13-18(8-9-21(20)30-15-24(27)29)19-16-31-22(25-19)12-17-6-2-1-3-7-17/h1-3,6-9,13,16H,4-5,10-12,14-15H2. The lowest BCUT2D eigenvalue weighted by molar-refractivity contribution is -0.131. The molecule has 2 aliphatic rings. The number of benzene rings is 2. The Kier molecular flexibility index (Phi) is 5.42. The Balaban J connectivity index is 1.39. The normalized spacial score (nSPS) is 15.7. The van der Waals surface area contributed by atoms with Crippen molar-refractivity contribution in [1.82, 2.24) is 9.88 Å². The molecule has 0 N–H and O–H groups in total. The van der Waals surface area contributed by atoms with E-state index in [9.17, 15) is 9.59 Å². The third-order valence-electron chi connectivity index (χ3n) is 5.70. The van der Waals surface area contributed by atoms with Gasteiger partial charge in [-0.2, -0.15) is 0 Å². The maximum absolute atomic E-state index is 12.7. The average Bonchev–Trinajstić information content (AvgIpc) is 3.49. The van der Waals surface area contributed by atoms with E-state index in [0.29, 0.717) is 11.4 Å². The monoisotopic (exact) mass is 433 g/mol. The molecule has 2 aromatic carbocycles. The first-order valence-corrected chi connectivity index (χ1v) is 11.4. The van der Waals surface area contributed by atoms with E-state index in [4.69, 9.17) is 9.72 Å². The van der Waals surface area contributed by atoms with Gasteiger partial charge in [0.1, 0.15) is 12.3 Å². The Morgan fingerprint density at radius 2 is 1.90 bits per heavy atom. The Labute approximate surface area is 185 Å². The highest BCUT2D eigenvalue weighted by Crippen LogP contribution is 2.36. The topological polar surface area (TPSA) is 62.7 Å². The van der Waals surface area contributed by atoms with E-state index in [0.717, 1.165) is 48.6 Å². The van der Waals surface area contributed by atoms with Gasteiger partial charge in [-0.1, -0.05) is 30.3 Å². The number of rotatable bonds is 5. The van der Waals surface area contributed by atoms with Crippen LogP contribution in [0.15, 0.2) is 53.9 Å². The molecule has 1 fully saturated rings. The molecule has 0 spiro atoms. The molecule has 0 radical (unpaired) electrons. The first kappa shape index (κ1) is 19.8. The first-order valence-electron chi connectivity index (χ1n) is 10.5. The molecule has 1 aromatic heterocycles. The highest BCUT2D eigenvalue weighted by atomic mass is 32.1. The zero-order chi connectivity index (χ0) is 21.2. The van der Waals surface area contributed by atoms with Gasteiger partial charge < -0.3 is 9.64 Å². The number of ether oxygens (including phenoxy) is 1. The van der Waals surface area contributed by atoms with E-state index < -0.39 is 0 Å². The zero-order valence-corrected chi connectivity index (χ0v) is 17.9. The predicted octanol–water partition coefficient (Wildman–Crippen LogP) is 3.75. The van der Waals surface area contributed by atoms with Crippen molar-refractivity contribution in [2.24, 2.45) is 0 Å². The third kappa shape index (κ3) is 4.18. The van der Waals surface area contributed by atoms with Crippen LogP contribution in [-0.4, -0.2) is 47.9 Å². The molecule has 158 valence electrons. The number of likely N-dealkylation sites (tertiary alicyclic amines) is 1. The second-order valence-electron chi connectivity index (χ2n) is 7.83. The fourth-order valence-electron chi connectivity index (χ4n) is 4.03. The number of carbonyl (C=O) groups is 2. The van der Waals surface area contributed by atoms with Crippen LogP contribution in [0, 0.1) is 0 Å². The van der Waals surface area contributed by atoms with Crippen molar-refractivity contribution in [3.63, 3.8) is 0 Å². The number of amides is 2. The van der Waals surface area contributed by atoms with E-state index in [1.54, 1.807) is 16.2 Å². The van der Waals surface area contributed by atoms with Crippen LogP contribution in [0.5, 0.6) is 5.75 Å². The fourth-order valence-corrected chi connectivity index (χ4v) is 4.87. The lowest BCUT2D eigenvalue weighted by Gasteiger charge is -2.30. The van der Waals surface area contributed by atoms with Gasteiger partial charge in [-0.3, -0.25) is 14.5 Å². The van der Waals surface area contributed by atoms with E-state index in [1.165, 1.54) is 5.56 Å². The van der Waals surface area contributed by atoms with Crippen LogP contribution in [0.4, 0.5) is 5.69 Å². The van der Waals surface area contributed by atoms with Crippen molar-refractivity contribution in [1.29, 1.82) is 0 Å². The summed E-state index contributed by atoms with van der Waals surface area (Å²) in [6.07, 6.45) is 2.84. The Hall–Kier alpha value is -3.19. The van der Waals surface area contributed by atoms with Crippen molar-refractivity contribution in [2.75, 3.05) is 31.1 Å². The molecule has 7 heteroatoms. The predicted molar refractivity (Wildman–Crippen MR) is 120 cm³/mol. The molecule has 3 aromatic rings. The number of hydrogen-bond acceptors (Lipinski definition) is 5. The largest absolute Gasteiger partial charge is 0.482 e. The minimum atomic E-state index is -0.194. The molecule has 0 saturated carbocycles. The van der Waals surface area contributed by atoms with E-state index >= 15 is 0 Å². The summed E-state index contributed by atoms with van der Waals surface area (Å²) in [7, 11) is 0. The SMILES string of the molecule is O=C(CN1C(=O)COc2ccc(-c3csc(Cc4ccccc4)n3)cc21)N1CCCC1. The molecular formula is C24H23N3O3S. The lowest BCUT2D eigenvalue weighted by Crippen LogP contribution is -2.45. The van der Waals surface area contributed by atoms with E-state index in [-0.39, 0.29) is 25.0 Å². The molecule has 2 aliphatic heterocycles. The minimum Gasteiger partial charge on any atom is -0.482 e. The number of fused-ring (bicyclic) bond motifs is 1. The van der Waals surface area contributed by atoms with Crippen molar-refractivity contribution in [2.45, 2.75) is 19.3 Å². The van der Waals surface area contributed by atoms with Gasteiger partial charge in [-0.15, -0.1) is 11.3 Å². The van der Waals surface area contributed by atoms with Crippen LogP contribution in [0.3, 0.4) is 0 Å². The summed E-state index contributed by atoms with van der Waals surface area (Å²) >= 11 is 1.62. The summed E-state index contributed by atoms with van der Waals surface area (Å²) in [4.78, 5) is 33.4. The average molecular weight is 434 g/mol. The van der Waals surface area contributed by atoms with Crippen molar-refractivity contribution < 1.29 is 14.3 Å². The van der Waals surface area contributed by atoms with Crippen LogP contribution in [0.1, 0.15) is 23.4 Å². The van der Waals surface area contributed by atoms with Gasteiger partial charge in [0.05, 0.1) is 16.4 Å². The van der Waals surface area contributed by atoms with Gasteiger partial charge in [0.2, 0.25) is 5.91 Å². The Morgan fingerprint density at radius 3 is 2.71 bits per heavy atom. The second-order valence-corrected chi connectivity index (χ2v) is 8.77. The lowest BCUT2D eigenvalue weighted by atomic mass is 10.1. The Morgan fingerprint density at radius 1 is 1.10 bits per heavy atom. The fraction of sp³-hybridized carbons (Fsp3) is 0.292. The van der Waals surface area contributed by atoms with Gasteiger partial charge in [-0.25, -0.2) is 4.98 Å². The van der Waals surface area contributed by atoms with Gasteiger partial charge in [0, 0.05) is 30.5 Å². The zero-order valence-electron chi connectivity index (χ0n) is 17.1. The maximum atomic E-state index is 12.7.